The first-order valence-corrected chi connectivity index (χ1v) is 10.2. The molecule has 28 heavy (non-hydrogen) atoms. The van der Waals surface area contributed by atoms with Crippen LogP contribution in [0.2, 0.25) is 0 Å². The maximum atomic E-state index is 13.1. The lowest BCUT2D eigenvalue weighted by Crippen LogP contribution is -2.39. The van der Waals surface area contributed by atoms with Crippen LogP contribution in [0.4, 0.5) is 0 Å². The predicted molar refractivity (Wildman–Crippen MR) is 118 cm³/mol. The highest BCUT2D eigenvalue weighted by atomic mass is 35.5. The average Bonchev–Trinajstić information content (AvgIpc) is 3.17. The number of halogens is 2. The Hall–Kier alpha value is -1.34. The molecule has 2 saturated heterocycles. The van der Waals surface area contributed by atoms with Gasteiger partial charge in [-0.05, 0) is 57.4 Å². The molecule has 2 atom stereocenters. The maximum absolute atomic E-state index is 13.1. The zero-order valence-electron chi connectivity index (χ0n) is 16.1. The summed E-state index contributed by atoms with van der Waals surface area (Å²) in [5.74, 6) is 0.986. The number of fused-ring (bicyclic) bond motifs is 2. The van der Waals surface area contributed by atoms with Crippen molar-refractivity contribution in [2.24, 2.45) is 0 Å². The number of benzene rings is 1. The molecule has 154 valence electrons. The summed E-state index contributed by atoms with van der Waals surface area (Å²) in [5.41, 5.74) is 1.85. The lowest BCUT2D eigenvalue weighted by molar-refractivity contribution is 0.0752. The van der Waals surface area contributed by atoms with Gasteiger partial charge in [-0.15, -0.1) is 36.2 Å². The van der Waals surface area contributed by atoms with Gasteiger partial charge < -0.3 is 15.0 Å². The van der Waals surface area contributed by atoms with E-state index < -0.39 is 0 Å². The van der Waals surface area contributed by atoms with Crippen molar-refractivity contribution >= 4 is 42.1 Å². The number of likely N-dealkylation sites (tertiary alicyclic amines) is 1. The summed E-state index contributed by atoms with van der Waals surface area (Å²) in [6.45, 7) is 6.21. The molecule has 1 amide bonds. The average molecular weight is 444 g/mol. The van der Waals surface area contributed by atoms with Gasteiger partial charge in [0.05, 0.1) is 12.3 Å². The van der Waals surface area contributed by atoms with Gasteiger partial charge >= 0.3 is 0 Å². The lowest BCUT2D eigenvalue weighted by atomic mass is 10.1. The molecule has 0 aliphatic carbocycles. The SMILES string of the molecule is CCOc1ccc(-c2nc(C)c(C(=O)N3CCC4CCC(C3)N4)s2)cc1.Cl.Cl. The number of carbonyl (C=O) groups is 1. The fourth-order valence-corrected chi connectivity index (χ4v) is 4.89. The second-order valence-electron chi connectivity index (χ2n) is 7.07. The van der Waals surface area contributed by atoms with Crippen molar-refractivity contribution in [3.63, 3.8) is 0 Å². The summed E-state index contributed by atoms with van der Waals surface area (Å²) in [7, 11) is 0. The van der Waals surface area contributed by atoms with Crippen LogP contribution in [0.5, 0.6) is 5.75 Å². The molecule has 8 heteroatoms. The number of aryl methyl sites for hydroxylation is 1. The molecule has 5 nitrogen and oxygen atoms in total. The second-order valence-corrected chi connectivity index (χ2v) is 8.07. The summed E-state index contributed by atoms with van der Waals surface area (Å²) < 4.78 is 5.50. The number of ether oxygens (including phenoxy) is 1. The Morgan fingerprint density at radius 3 is 2.64 bits per heavy atom. The van der Waals surface area contributed by atoms with Crippen LogP contribution in [-0.4, -0.2) is 47.6 Å². The standard InChI is InChI=1S/C20H25N3O2S.2ClH/c1-3-25-17-8-4-14(5-9-17)19-21-13(2)18(26-19)20(24)23-11-10-15-6-7-16(12-23)22-15;;/h4-5,8-9,15-16,22H,3,6-7,10-12H2,1-2H3;2*1H. The molecule has 1 N–H and O–H groups in total. The van der Waals surface area contributed by atoms with Crippen LogP contribution >= 0.6 is 36.2 Å². The van der Waals surface area contributed by atoms with E-state index in [4.69, 9.17) is 4.74 Å². The molecule has 2 aliphatic heterocycles. The van der Waals surface area contributed by atoms with Gasteiger partial charge in [0, 0.05) is 30.7 Å². The first kappa shape index (κ1) is 22.9. The third kappa shape index (κ3) is 4.79. The van der Waals surface area contributed by atoms with E-state index in [2.05, 4.69) is 10.3 Å². The van der Waals surface area contributed by atoms with Crippen molar-refractivity contribution in [1.82, 2.24) is 15.2 Å². The molecular formula is C20H27Cl2N3O2S. The Balaban J connectivity index is 0.00000140. The number of hydrogen-bond donors (Lipinski definition) is 1. The van der Waals surface area contributed by atoms with E-state index in [1.807, 2.05) is 43.0 Å². The van der Waals surface area contributed by atoms with E-state index in [1.165, 1.54) is 24.2 Å². The van der Waals surface area contributed by atoms with Crippen LogP contribution in [0, 0.1) is 6.92 Å². The van der Waals surface area contributed by atoms with Crippen molar-refractivity contribution in [3.05, 3.63) is 34.8 Å². The van der Waals surface area contributed by atoms with Gasteiger partial charge in [-0.1, -0.05) is 0 Å². The first-order valence-electron chi connectivity index (χ1n) is 9.40. The molecule has 2 fully saturated rings. The number of nitrogens with zero attached hydrogens (tertiary/aromatic N) is 2. The van der Waals surface area contributed by atoms with Gasteiger partial charge in [0.25, 0.3) is 5.91 Å². The fraction of sp³-hybridized carbons (Fsp3) is 0.500. The van der Waals surface area contributed by atoms with Crippen molar-refractivity contribution < 1.29 is 9.53 Å². The Labute approximate surface area is 182 Å². The van der Waals surface area contributed by atoms with Crippen LogP contribution < -0.4 is 10.1 Å². The van der Waals surface area contributed by atoms with Crippen molar-refractivity contribution in [2.75, 3.05) is 19.7 Å². The van der Waals surface area contributed by atoms with Gasteiger partial charge in [-0.3, -0.25) is 4.79 Å². The summed E-state index contributed by atoms with van der Waals surface area (Å²) >= 11 is 1.50. The number of hydrogen-bond acceptors (Lipinski definition) is 5. The van der Waals surface area contributed by atoms with E-state index in [-0.39, 0.29) is 30.7 Å². The molecule has 2 unspecified atom stereocenters. The molecule has 1 aromatic carbocycles. The summed E-state index contributed by atoms with van der Waals surface area (Å²) in [5, 5.41) is 4.52. The number of amides is 1. The molecule has 2 bridgehead atoms. The fourth-order valence-electron chi connectivity index (χ4n) is 3.85. The van der Waals surface area contributed by atoms with Gasteiger partial charge in [-0.25, -0.2) is 4.98 Å². The van der Waals surface area contributed by atoms with Gasteiger partial charge in [0.1, 0.15) is 15.6 Å². The van der Waals surface area contributed by atoms with E-state index in [9.17, 15) is 4.79 Å². The van der Waals surface area contributed by atoms with Crippen LogP contribution in [0.25, 0.3) is 10.6 Å². The highest BCUT2D eigenvalue weighted by Gasteiger charge is 2.32. The van der Waals surface area contributed by atoms with Crippen LogP contribution in [0.15, 0.2) is 24.3 Å². The Morgan fingerprint density at radius 1 is 1.21 bits per heavy atom. The number of carbonyl (C=O) groups excluding carboxylic acids is 1. The Bertz CT molecular complexity index is 797. The van der Waals surface area contributed by atoms with E-state index in [0.717, 1.165) is 46.4 Å². The summed E-state index contributed by atoms with van der Waals surface area (Å²) in [4.78, 5) is 20.5. The van der Waals surface area contributed by atoms with Crippen LogP contribution in [0.1, 0.15) is 41.6 Å². The molecule has 0 saturated carbocycles. The zero-order valence-corrected chi connectivity index (χ0v) is 18.6. The highest BCUT2D eigenvalue weighted by molar-refractivity contribution is 7.17. The molecule has 4 rings (SSSR count). The van der Waals surface area contributed by atoms with Crippen LogP contribution in [-0.2, 0) is 0 Å². The highest BCUT2D eigenvalue weighted by Crippen LogP contribution is 2.31. The minimum atomic E-state index is 0. The molecule has 0 spiro atoms. The van der Waals surface area contributed by atoms with Gasteiger partial charge in [0.15, 0.2) is 0 Å². The summed E-state index contributed by atoms with van der Waals surface area (Å²) in [6, 6.07) is 8.95. The number of nitrogens with one attached hydrogen (secondary N) is 1. The van der Waals surface area contributed by atoms with E-state index >= 15 is 0 Å². The smallest absolute Gasteiger partial charge is 0.265 e. The third-order valence-corrected chi connectivity index (χ3v) is 6.41. The van der Waals surface area contributed by atoms with E-state index in [1.54, 1.807) is 0 Å². The number of thiazole rings is 1. The minimum absolute atomic E-state index is 0. The normalized spacial score (nSPS) is 20.7. The molecule has 1 aromatic heterocycles. The summed E-state index contributed by atoms with van der Waals surface area (Å²) in [6.07, 6.45) is 3.47. The molecule has 2 aliphatic rings. The van der Waals surface area contributed by atoms with Crippen molar-refractivity contribution in [3.8, 4) is 16.3 Å². The molecular weight excluding hydrogens is 417 g/mol. The monoisotopic (exact) mass is 443 g/mol. The first-order chi connectivity index (χ1) is 12.6. The van der Waals surface area contributed by atoms with Gasteiger partial charge in [-0.2, -0.15) is 0 Å². The molecule has 2 aromatic rings. The molecule has 3 heterocycles. The second kappa shape index (κ2) is 9.92. The number of rotatable bonds is 4. The topological polar surface area (TPSA) is 54.5 Å². The quantitative estimate of drug-likeness (QED) is 0.763. The lowest BCUT2D eigenvalue weighted by Gasteiger charge is -2.23. The Kier molecular flexibility index (Phi) is 8.13. The largest absolute Gasteiger partial charge is 0.494 e. The minimum Gasteiger partial charge on any atom is -0.494 e. The van der Waals surface area contributed by atoms with Crippen LogP contribution in [0.3, 0.4) is 0 Å². The maximum Gasteiger partial charge on any atom is 0.265 e. The molecule has 0 radical (unpaired) electrons. The van der Waals surface area contributed by atoms with Crippen molar-refractivity contribution in [2.45, 2.75) is 45.2 Å². The zero-order chi connectivity index (χ0) is 18.1. The number of aromatic nitrogens is 1. The Morgan fingerprint density at radius 2 is 1.93 bits per heavy atom. The predicted octanol–water partition coefficient (Wildman–Crippen LogP) is 4.33. The third-order valence-electron chi connectivity index (χ3n) is 5.21. The van der Waals surface area contributed by atoms with Gasteiger partial charge in [0.2, 0.25) is 0 Å². The van der Waals surface area contributed by atoms with E-state index in [0.29, 0.717) is 18.7 Å². The van der Waals surface area contributed by atoms with Crippen molar-refractivity contribution in [1.29, 1.82) is 0 Å².